The molecule has 0 amide bonds. The third kappa shape index (κ3) is 3.61. The highest BCUT2D eigenvalue weighted by Gasteiger charge is 2.22. The molecule has 9 heteroatoms. The van der Waals surface area contributed by atoms with Crippen molar-refractivity contribution < 1.29 is 9.47 Å². The minimum Gasteiger partial charge on any atom is -0.353 e. The lowest BCUT2D eigenvalue weighted by Gasteiger charge is -2.25. The van der Waals surface area contributed by atoms with Gasteiger partial charge in [0.1, 0.15) is 0 Å². The van der Waals surface area contributed by atoms with E-state index in [-0.39, 0.29) is 6.29 Å². The van der Waals surface area contributed by atoms with Gasteiger partial charge in [-0.05, 0) is 44.6 Å². The monoisotopic (exact) mass is 433 g/mol. The maximum Gasteiger partial charge on any atom is 0.158 e. The highest BCUT2D eigenvalue weighted by molar-refractivity contribution is 5.78. The van der Waals surface area contributed by atoms with Crippen LogP contribution in [-0.4, -0.2) is 47.1 Å². The summed E-state index contributed by atoms with van der Waals surface area (Å²) in [5.74, 6) is 0. The summed E-state index contributed by atoms with van der Waals surface area (Å²) in [4.78, 5) is 5.04. The van der Waals surface area contributed by atoms with E-state index in [1.807, 2.05) is 36.2 Å². The van der Waals surface area contributed by atoms with Crippen LogP contribution in [0.4, 0.5) is 0 Å². The van der Waals surface area contributed by atoms with E-state index in [1.165, 1.54) is 19.3 Å². The molecule has 0 radical (unpaired) electrons. The van der Waals surface area contributed by atoms with E-state index >= 15 is 0 Å². The Morgan fingerprint density at radius 2 is 2.03 bits per heavy atom. The molecule has 0 aromatic carbocycles. The topological polar surface area (TPSA) is 84.3 Å². The molecule has 4 aromatic rings. The zero-order chi connectivity index (χ0) is 21.5. The molecule has 1 aliphatic carbocycles. The summed E-state index contributed by atoms with van der Waals surface area (Å²) in [6, 6.07) is 2.50. The third-order valence-electron chi connectivity index (χ3n) is 6.44. The van der Waals surface area contributed by atoms with Crippen molar-refractivity contribution in [1.82, 2.24) is 34.2 Å². The Labute approximate surface area is 186 Å². The summed E-state index contributed by atoms with van der Waals surface area (Å²) >= 11 is 0. The third-order valence-corrected chi connectivity index (χ3v) is 6.44. The zero-order valence-corrected chi connectivity index (χ0v) is 18.2. The number of aryl methyl sites for hydroxylation is 1. The van der Waals surface area contributed by atoms with Crippen LogP contribution >= 0.6 is 0 Å². The maximum absolute atomic E-state index is 6.02. The summed E-state index contributed by atoms with van der Waals surface area (Å²) < 4.78 is 17.5. The van der Waals surface area contributed by atoms with Crippen LogP contribution in [-0.2, 0) is 23.1 Å². The van der Waals surface area contributed by atoms with E-state index in [2.05, 4.69) is 26.2 Å². The van der Waals surface area contributed by atoms with Gasteiger partial charge in [0, 0.05) is 37.2 Å². The minimum absolute atomic E-state index is 0.159. The number of aromatic nitrogens is 7. The lowest BCUT2D eigenvalue weighted by Crippen LogP contribution is -2.22. The molecule has 2 fully saturated rings. The number of fused-ring (bicyclic) bond motifs is 1. The van der Waals surface area contributed by atoms with Crippen molar-refractivity contribution in [3.05, 3.63) is 42.7 Å². The Morgan fingerprint density at radius 3 is 2.84 bits per heavy atom. The van der Waals surface area contributed by atoms with Gasteiger partial charge < -0.3 is 9.47 Å². The number of rotatable bonds is 6. The standard InChI is InChI=1S/C23H27N7O2/c1-28-13-18(20(27-28)15-32-22-7-2-3-10-31-22)19-14-30-21(8-9-24-30)23(26-19)16-11-25-29(12-16)17-5-4-6-17/h8-9,11-14,17,22H,2-7,10,15H2,1H3. The highest BCUT2D eigenvalue weighted by Crippen LogP contribution is 2.33. The van der Waals surface area contributed by atoms with Gasteiger partial charge in [0.15, 0.2) is 6.29 Å². The fourth-order valence-electron chi connectivity index (χ4n) is 4.45. The Hall–Kier alpha value is -3.04. The molecule has 1 aliphatic heterocycles. The molecule has 166 valence electrons. The van der Waals surface area contributed by atoms with Gasteiger partial charge in [0.25, 0.3) is 0 Å². The van der Waals surface area contributed by atoms with E-state index in [0.29, 0.717) is 12.6 Å². The van der Waals surface area contributed by atoms with Crippen LogP contribution in [0.3, 0.4) is 0 Å². The average Bonchev–Trinajstić information content (AvgIpc) is 3.51. The second-order valence-corrected chi connectivity index (χ2v) is 8.70. The van der Waals surface area contributed by atoms with Crippen molar-refractivity contribution in [3.63, 3.8) is 0 Å². The fourth-order valence-corrected chi connectivity index (χ4v) is 4.45. The Balaban J connectivity index is 1.35. The summed E-state index contributed by atoms with van der Waals surface area (Å²) in [6.07, 6.45) is 16.4. The van der Waals surface area contributed by atoms with Crippen molar-refractivity contribution in [2.75, 3.05) is 6.61 Å². The van der Waals surface area contributed by atoms with Gasteiger partial charge in [-0.3, -0.25) is 9.36 Å². The molecule has 1 saturated carbocycles. The maximum atomic E-state index is 6.02. The largest absolute Gasteiger partial charge is 0.353 e. The van der Waals surface area contributed by atoms with Crippen LogP contribution in [0.1, 0.15) is 50.3 Å². The van der Waals surface area contributed by atoms with Gasteiger partial charge >= 0.3 is 0 Å². The second-order valence-electron chi connectivity index (χ2n) is 8.70. The molecule has 9 nitrogen and oxygen atoms in total. The van der Waals surface area contributed by atoms with Gasteiger partial charge in [-0.1, -0.05) is 0 Å². The summed E-state index contributed by atoms with van der Waals surface area (Å²) in [6.45, 7) is 1.14. The molecule has 1 saturated heterocycles. The molecule has 5 heterocycles. The molecule has 2 aliphatic rings. The number of hydrogen-bond acceptors (Lipinski definition) is 6. The van der Waals surface area contributed by atoms with E-state index in [1.54, 1.807) is 10.9 Å². The Kier molecular flexibility index (Phi) is 4.99. The summed E-state index contributed by atoms with van der Waals surface area (Å²) in [7, 11) is 1.92. The van der Waals surface area contributed by atoms with Crippen molar-refractivity contribution >= 4 is 5.52 Å². The lowest BCUT2D eigenvalue weighted by atomic mass is 9.93. The fraction of sp³-hybridized carbons (Fsp3) is 0.478. The van der Waals surface area contributed by atoms with E-state index in [0.717, 1.165) is 59.6 Å². The highest BCUT2D eigenvalue weighted by atomic mass is 16.7. The number of nitrogens with zero attached hydrogens (tertiary/aromatic N) is 7. The summed E-state index contributed by atoms with van der Waals surface area (Å²) in [5.41, 5.74) is 5.42. The smallest absolute Gasteiger partial charge is 0.158 e. The first-order valence-electron chi connectivity index (χ1n) is 11.4. The molecule has 1 unspecified atom stereocenters. The van der Waals surface area contributed by atoms with Gasteiger partial charge in [-0.2, -0.15) is 15.3 Å². The van der Waals surface area contributed by atoms with E-state index in [9.17, 15) is 0 Å². The summed E-state index contributed by atoms with van der Waals surface area (Å²) in [5, 5.41) is 13.7. The quantitative estimate of drug-likeness (QED) is 0.460. The molecular weight excluding hydrogens is 406 g/mol. The minimum atomic E-state index is -0.159. The predicted molar refractivity (Wildman–Crippen MR) is 118 cm³/mol. The molecule has 0 bridgehead atoms. The lowest BCUT2D eigenvalue weighted by molar-refractivity contribution is -0.169. The Morgan fingerprint density at radius 1 is 1.09 bits per heavy atom. The molecule has 1 atom stereocenters. The Bertz CT molecular complexity index is 1230. The average molecular weight is 434 g/mol. The van der Waals surface area contributed by atoms with E-state index in [4.69, 9.17) is 14.5 Å². The molecule has 0 spiro atoms. The van der Waals surface area contributed by atoms with E-state index < -0.39 is 0 Å². The number of ether oxygens (including phenoxy) is 2. The zero-order valence-electron chi connectivity index (χ0n) is 18.2. The SMILES string of the molecule is Cn1cc(-c2cn3nccc3c(-c3cnn(C4CCC4)c3)n2)c(COC2CCCCO2)n1. The first kappa shape index (κ1) is 19.6. The van der Waals surface area contributed by atoms with Gasteiger partial charge in [0.2, 0.25) is 0 Å². The van der Waals surface area contributed by atoms with Crippen molar-refractivity contribution in [3.8, 4) is 22.5 Å². The van der Waals surface area contributed by atoms with Crippen LogP contribution in [0.25, 0.3) is 28.0 Å². The molecule has 32 heavy (non-hydrogen) atoms. The van der Waals surface area contributed by atoms with Crippen molar-refractivity contribution in [2.24, 2.45) is 7.05 Å². The van der Waals surface area contributed by atoms with Crippen LogP contribution in [0.2, 0.25) is 0 Å². The van der Waals surface area contributed by atoms with Crippen LogP contribution in [0.15, 0.2) is 37.1 Å². The van der Waals surface area contributed by atoms with Gasteiger partial charge in [-0.15, -0.1) is 0 Å². The number of hydrogen-bond donors (Lipinski definition) is 0. The van der Waals surface area contributed by atoms with Gasteiger partial charge in [0.05, 0.1) is 53.8 Å². The normalized spacial score (nSPS) is 19.5. The van der Waals surface area contributed by atoms with Crippen LogP contribution in [0, 0.1) is 0 Å². The van der Waals surface area contributed by atoms with Crippen LogP contribution in [0.5, 0.6) is 0 Å². The molecule has 4 aromatic heterocycles. The first-order valence-corrected chi connectivity index (χ1v) is 11.4. The van der Waals surface area contributed by atoms with Crippen molar-refractivity contribution in [1.29, 1.82) is 0 Å². The van der Waals surface area contributed by atoms with Crippen LogP contribution < -0.4 is 0 Å². The van der Waals surface area contributed by atoms with Gasteiger partial charge in [-0.25, -0.2) is 9.50 Å². The second kappa shape index (κ2) is 8.14. The van der Waals surface area contributed by atoms with Crippen molar-refractivity contribution in [2.45, 2.75) is 57.5 Å². The molecule has 0 N–H and O–H groups in total. The molecule has 6 rings (SSSR count). The predicted octanol–water partition coefficient (Wildman–Crippen LogP) is 3.76. The molecular formula is C23H27N7O2. The first-order chi connectivity index (χ1) is 15.7.